The lowest BCUT2D eigenvalue weighted by Gasteiger charge is -2.35. The topological polar surface area (TPSA) is 138 Å². The average molecular weight is 1090 g/mol. The molecule has 0 radical (unpaired) electrons. The van der Waals surface area contributed by atoms with Crippen molar-refractivity contribution in [2.24, 2.45) is 0 Å². The molecular weight excluding hydrogens is 1060 g/mol. The number of halogens is 10. The second kappa shape index (κ2) is 22.4. The number of carbonyl (C=O) groups is 1. The summed E-state index contributed by atoms with van der Waals surface area (Å²) in [5.41, 5.74) is -2.85. The van der Waals surface area contributed by atoms with E-state index in [2.05, 4.69) is 47.2 Å². The third-order valence-electron chi connectivity index (χ3n) is 8.09. The fraction of sp³-hybridized carbons (Fsp3) is 0.140. The number of nitriles is 2. The first-order chi connectivity index (χ1) is 29.0. The molecule has 0 aliphatic carbocycles. The summed E-state index contributed by atoms with van der Waals surface area (Å²) in [6, 6.07) is 23.7. The van der Waals surface area contributed by atoms with Gasteiger partial charge in [-0.1, -0.05) is 7.43 Å². The van der Waals surface area contributed by atoms with Crippen LogP contribution in [0.25, 0.3) is 0 Å². The molecule has 0 saturated carbocycles. The van der Waals surface area contributed by atoms with E-state index >= 15 is 8.78 Å². The van der Waals surface area contributed by atoms with E-state index in [1.54, 1.807) is 0 Å². The fourth-order valence-electron chi connectivity index (χ4n) is 5.16. The highest BCUT2D eigenvalue weighted by Crippen LogP contribution is 2.47. The van der Waals surface area contributed by atoms with E-state index in [0.717, 1.165) is 30.6 Å². The van der Waals surface area contributed by atoms with Crippen molar-refractivity contribution in [3.05, 3.63) is 178 Å². The van der Waals surface area contributed by atoms with Crippen molar-refractivity contribution in [2.75, 3.05) is 6.61 Å². The van der Waals surface area contributed by atoms with E-state index in [0.29, 0.717) is 53.0 Å². The molecule has 2 aromatic heterocycles. The SMILES string of the molecule is C.CCOC(O)(c1ccc(F)cc1F)C(F)(F)c1ccc(Oc2ccc(C#N)cc2)cn1.II.N#Cc1ccc(Oc2ccc(C(F)(F)C(=O)c3ccc(F)cc3F)nc2)cc1. The van der Waals surface area contributed by atoms with Gasteiger partial charge in [0, 0.05) is 56.0 Å². The summed E-state index contributed by atoms with van der Waals surface area (Å²) in [7, 11) is 0. The number of aromatic nitrogens is 2. The number of rotatable bonds is 12. The van der Waals surface area contributed by atoms with Crippen LogP contribution in [0, 0.1) is 45.9 Å². The van der Waals surface area contributed by atoms with Gasteiger partial charge in [0.25, 0.3) is 5.79 Å². The van der Waals surface area contributed by atoms with Crippen LogP contribution >= 0.6 is 37.2 Å². The van der Waals surface area contributed by atoms with Crippen molar-refractivity contribution in [2.45, 2.75) is 32.0 Å². The monoisotopic (exact) mass is 1090 g/mol. The minimum Gasteiger partial charge on any atom is -0.456 e. The molecule has 0 aliphatic heterocycles. The van der Waals surface area contributed by atoms with Crippen LogP contribution in [-0.4, -0.2) is 27.5 Å². The third-order valence-corrected chi connectivity index (χ3v) is 8.09. The molecule has 19 heteroatoms. The lowest BCUT2D eigenvalue weighted by molar-refractivity contribution is -0.336. The molecule has 0 bridgehead atoms. The van der Waals surface area contributed by atoms with Gasteiger partial charge < -0.3 is 19.3 Å². The third kappa shape index (κ3) is 12.0. The molecule has 1 atom stereocenters. The number of Topliss-reactive ketones (excluding diaryl/α,β-unsaturated/α-hetero) is 1. The molecule has 1 unspecified atom stereocenters. The maximum atomic E-state index is 15.2. The van der Waals surface area contributed by atoms with Crippen LogP contribution in [0.3, 0.4) is 0 Å². The Bertz CT molecular complexity index is 2520. The molecule has 4 aromatic carbocycles. The number of pyridine rings is 2. The van der Waals surface area contributed by atoms with Gasteiger partial charge in [-0.25, -0.2) is 17.6 Å². The number of benzene rings is 4. The number of aliphatic hydroxyl groups is 1. The van der Waals surface area contributed by atoms with Crippen LogP contribution in [-0.2, 0) is 22.4 Å². The molecule has 9 nitrogen and oxygen atoms in total. The Balaban J connectivity index is 0.000000314. The predicted molar refractivity (Wildman–Crippen MR) is 226 cm³/mol. The Kier molecular flexibility index (Phi) is 18.3. The molecule has 0 spiro atoms. The van der Waals surface area contributed by atoms with E-state index in [-0.39, 0.29) is 25.5 Å². The molecule has 6 rings (SSSR count). The van der Waals surface area contributed by atoms with Crippen LogP contribution in [0.15, 0.2) is 122 Å². The molecule has 0 fully saturated rings. The maximum absolute atomic E-state index is 15.2. The van der Waals surface area contributed by atoms with E-state index < -0.39 is 69.2 Å². The van der Waals surface area contributed by atoms with Gasteiger partial charge in [-0.3, -0.25) is 14.8 Å². The Morgan fingerprint density at radius 1 is 0.661 bits per heavy atom. The summed E-state index contributed by atoms with van der Waals surface area (Å²) < 4.78 is 129. The largest absolute Gasteiger partial charge is 0.456 e. The predicted octanol–water partition coefficient (Wildman–Crippen LogP) is 12.4. The molecule has 6 aromatic rings. The molecule has 0 saturated heterocycles. The average Bonchev–Trinajstić information content (AvgIpc) is 3.25. The van der Waals surface area contributed by atoms with Crippen molar-refractivity contribution in [3.8, 4) is 35.1 Å². The second-order valence-corrected chi connectivity index (χ2v) is 12.0. The van der Waals surface area contributed by atoms with Gasteiger partial charge in [-0.15, -0.1) is 0 Å². The summed E-state index contributed by atoms with van der Waals surface area (Å²) in [6.45, 7) is 0.952. The summed E-state index contributed by atoms with van der Waals surface area (Å²) in [4.78, 5) is 19.2. The lowest BCUT2D eigenvalue weighted by Crippen LogP contribution is -2.47. The van der Waals surface area contributed by atoms with E-state index in [9.17, 15) is 36.2 Å². The molecule has 62 heavy (non-hydrogen) atoms. The number of alkyl halides is 4. The highest BCUT2D eigenvalue weighted by Gasteiger charge is 2.59. The lowest BCUT2D eigenvalue weighted by atomic mass is 9.95. The molecule has 1 N–H and O–H groups in total. The van der Waals surface area contributed by atoms with Gasteiger partial charge in [0.2, 0.25) is 5.78 Å². The van der Waals surface area contributed by atoms with Gasteiger partial charge in [0.15, 0.2) is 0 Å². The van der Waals surface area contributed by atoms with E-state index in [1.807, 2.05) is 12.1 Å². The van der Waals surface area contributed by atoms with Gasteiger partial charge in [-0.05, 0) is 104 Å². The summed E-state index contributed by atoms with van der Waals surface area (Å²) in [6.07, 6.45) is 1.98. The highest BCUT2D eigenvalue weighted by atomic mass is 128. The normalized spacial score (nSPS) is 11.7. The number of hydrogen-bond acceptors (Lipinski definition) is 9. The molecule has 0 amide bonds. The van der Waals surface area contributed by atoms with Crippen molar-refractivity contribution in [1.29, 1.82) is 10.5 Å². The standard InChI is InChI=1S/C22H16F4N2O3.C20H10F4N2O2.CH4.I2/c1-2-30-22(29,18-9-5-15(23)11-19(18)24)21(25,26)20-10-8-17(13-28-20)31-16-6-3-14(12-27)4-7-16;21-13-3-7-16(17(22)9-13)19(27)20(23,24)18-8-6-15(11-26-18)28-14-4-1-12(10-25)2-5-14;;1-2/h3-11,13,29H,2H2,1H3;1-9,11H;1H4;. The van der Waals surface area contributed by atoms with Gasteiger partial charge >= 0.3 is 11.8 Å². The molecule has 2 heterocycles. The first-order valence-corrected chi connectivity index (χ1v) is 23.3. The van der Waals surface area contributed by atoms with Crippen LogP contribution in [0.5, 0.6) is 23.0 Å². The van der Waals surface area contributed by atoms with Crippen molar-refractivity contribution >= 4 is 43.0 Å². The van der Waals surface area contributed by atoms with Crippen LogP contribution < -0.4 is 9.47 Å². The zero-order chi connectivity index (χ0) is 45.0. The maximum Gasteiger partial charge on any atom is 0.351 e. The first kappa shape index (κ1) is 50.6. The number of nitrogens with zero attached hydrogens (tertiary/aromatic N) is 4. The molecule has 0 aliphatic rings. The Morgan fingerprint density at radius 2 is 1.10 bits per heavy atom. The second-order valence-electron chi connectivity index (χ2n) is 12.0. The van der Waals surface area contributed by atoms with E-state index in [1.165, 1.54) is 67.6 Å². The molecule has 322 valence electrons. The van der Waals surface area contributed by atoms with Gasteiger partial charge in [0.05, 0.1) is 46.8 Å². The minimum atomic E-state index is -4.20. The van der Waals surface area contributed by atoms with Gasteiger partial charge in [-0.2, -0.15) is 28.1 Å². The minimum absolute atomic E-state index is 0. The number of ether oxygens (including phenoxy) is 3. The Morgan fingerprint density at radius 3 is 1.50 bits per heavy atom. The Hall–Kier alpha value is -5.75. The smallest absolute Gasteiger partial charge is 0.351 e. The number of ketones is 1. The fourth-order valence-corrected chi connectivity index (χ4v) is 5.16. The number of carbonyl (C=O) groups excluding carboxylic acids is 1. The van der Waals surface area contributed by atoms with Crippen molar-refractivity contribution in [3.63, 3.8) is 0 Å². The number of hydrogen-bond donors (Lipinski definition) is 1. The Labute approximate surface area is 372 Å². The highest BCUT2D eigenvalue weighted by molar-refractivity contribution is 15.0. The first-order valence-electron chi connectivity index (χ1n) is 17.0. The quantitative estimate of drug-likeness (QED) is 0.0549. The van der Waals surface area contributed by atoms with E-state index in [4.69, 9.17) is 24.7 Å². The molecular formula is C43H30F8I2N4O5. The van der Waals surface area contributed by atoms with Gasteiger partial charge in [0.1, 0.15) is 57.7 Å². The van der Waals surface area contributed by atoms with Crippen molar-refractivity contribution < 1.29 is 59.2 Å². The zero-order valence-electron chi connectivity index (χ0n) is 30.9. The summed E-state index contributed by atoms with van der Waals surface area (Å²) in [5.74, 6) is -17.4. The summed E-state index contributed by atoms with van der Waals surface area (Å²) in [5, 5.41) is 28.2. The van der Waals surface area contributed by atoms with Crippen LogP contribution in [0.4, 0.5) is 35.1 Å². The summed E-state index contributed by atoms with van der Waals surface area (Å²) >= 11 is 4.24. The zero-order valence-corrected chi connectivity index (χ0v) is 35.2. The van der Waals surface area contributed by atoms with Crippen molar-refractivity contribution in [1.82, 2.24) is 9.97 Å². The van der Waals surface area contributed by atoms with Crippen LogP contribution in [0.2, 0.25) is 0 Å². The van der Waals surface area contributed by atoms with Crippen LogP contribution in [0.1, 0.15) is 52.8 Å².